The van der Waals surface area contributed by atoms with Crippen molar-refractivity contribution < 1.29 is 23.4 Å². The van der Waals surface area contributed by atoms with Crippen molar-refractivity contribution in [2.75, 3.05) is 37.8 Å². The van der Waals surface area contributed by atoms with Crippen molar-refractivity contribution in [2.45, 2.75) is 33.3 Å². The number of morpholine rings is 1. The number of benzene rings is 2. The summed E-state index contributed by atoms with van der Waals surface area (Å²) < 4.78 is 31.6. The first kappa shape index (κ1) is 20.7. The minimum absolute atomic E-state index is 0.0457. The van der Waals surface area contributed by atoms with E-state index in [0.29, 0.717) is 35.8 Å². The number of hydrogen-bond acceptors (Lipinski definition) is 5. The van der Waals surface area contributed by atoms with Crippen molar-refractivity contribution in [2.24, 2.45) is 5.92 Å². The van der Waals surface area contributed by atoms with Gasteiger partial charge in [0.15, 0.2) is 5.78 Å². The Morgan fingerprint density at radius 1 is 1.23 bits per heavy atom. The molecule has 0 aliphatic carbocycles. The van der Waals surface area contributed by atoms with Crippen LogP contribution in [-0.4, -0.2) is 44.3 Å². The smallest absolute Gasteiger partial charge is 0.173 e. The molecule has 1 saturated heterocycles. The van der Waals surface area contributed by atoms with Crippen molar-refractivity contribution in [3.8, 4) is 11.5 Å². The molecule has 1 fully saturated rings. The summed E-state index contributed by atoms with van der Waals surface area (Å²) in [6.07, 6.45) is 0. The molecule has 2 aliphatic heterocycles. The number of nitrogens with zero attached hydrogens (tertiary/aromatic N) is 1. The van der Waals surface area contributed by atoms with Crippen molar-refractivity contribution in [3.63, 3.8) is 0 Å². The van der Waals surface area contributed by atoms with Gasteiger partial charge in [-0.1, -0.05) is 13.0 Å². The summed E-state index contributed by atoms with van der Waals surface area (Å²) in [6.45, 7) is 10.5. The number of halogens is 1. The van der Waals surface area contributed by atoms with Gasteiger partial charge in [0.2, 0.25) is 0 Å². The Morgan fingerprint density at radius 3 is 2.70 bits per heavy atom. The van der Waals surface area contributed by atoms with E-state index in [9.17, 15) is 9.18 Å². The minimum Gasteiger partial charge on any atom is -0.489 e. The highest BCUT2D eigenvalue weighted by atomic mass is 19.1. The highest BCUT2D eigenvalue weighted by molar-refractivity contribution is 6.03. The van der Waals surface area contributed by atoms with Crippen LogP contribution in [0.15, 0.2) is 30.3 Å². The van der Waals surface area contributed by atoms with Gasteiger partial charge in [0.05, 0.1) is 24.7 Å². The molecule has 2 unspecified atom stereocenters. The van der Waals surface area contributed by atoms with Gasteiger partial charge in [0.25, 0.3) is 0 Å². The fourth-order valence-corrected chi connectivity index (χ4v) is 4.09. The van der Waals surface area contributed by atoms with E-state index < -0.39 is 11.5 Å². The van der Waals surface area contributed by atoms with Crippen LogP contribution in [0, 0.1) is 25.6 Å². The number of Topliss-reactive ketones (excluding diaryl/α,β-unsaturated/α-hetero) is 1. The SMILES string of the molecule is Cc1cc(N2CCOCC2)cc2c1C(=O)C(C)C(C)(COc1cccc(F)c1C)O2. The molecule has 4 rings (SSSR count). The average Bonchev–Trinajstić information content (AvgIpc) is 2.73. The maximum atomic E-state index is 13.9. The molecule has 0 spiro atoms. The first-order chi connectivity index (χ1) is 14.3. The van der Waals surface area contributed by atoms with Gasteiger partial charge in [0, 0.05) is 30.4 Å². The van der Waals surface area contributed by atoms with Gasteiger partial charge in [0.1, 0.15) is 29.5 Å². The number of carbonyl (C=O) groups excluding carboxylic acids is 1. The Hall–Kier alpha value is -2.60. The maximum absolute atomic E-state index is 13.9. The van der Waals surface area contributed by atoms with E-state index in [4.69, 9.17) is 14.2 Å². The standard InChI is InChI=1S/C24H28FNO4/c1-15-12-18(26-8-10-28-11-9-26)13-21-22(15)23(27)17(3)24(4,30-21)14-29-20-7-5-6-19(25)16(20)2/h5-7,12-13,17H,8-11,14H2,1-4H3. The summed E-state index contributed by atoms with van der Waals surface area (Å²) in [5.74, 6) is 0.379. The molecule has 2 aromatic carbocycles. The van der Waals surface area contributed by atoms with Crippen LogP contribution in [-0.2, 0) is 4.74 Å². The Morgan fingerprint density at radius 2 is 1.97 bits per heavy atom. The molecule has 30 heavy (non-hydrogen) atoms. The van der Waals surface area contributed by atoms with Gasteiger partial charge < -0.3 is 19.1 Å². The Kier molecular flexibility index (Phi) is 5.45. The minimum atomic E-state index is -0.862. The lowest BCUT2D eigenvalue weighted by molar-refractivity contribution is -0.0128. The zero-order valence-corrected chi connectivity index (χ0v) is 18.0. The third-order valence-electron chi connectivity index (χ3n) is 6.29. The predicted octanol–water partition coefficient (Wildman–Crippen LogP) is 4.33. The molecular weight excluding hydrogens is 385 g/mol. The van der Waals surface area contributed by atoms with E-state index in [2.05, 4.69) is 4.90 Å². The Bertz CT molecular complexity index is 970. The second kappa shape index (κ2) is 7.91. The zero-order chi connectivity index (χ0) is 21.5. The maximum Gasteiger partial charge on any atom is 0.173 e. The van der Waals surface area contributed by atoms with Crippen molar-refractivity contribution >= 4 is 11.5 Å². The number of hydrogen-bond donors (Lipinski definition) is 0. The normalized spacial score (nSPS) is 23.7. The lowest BCUT2D eigenvalue weighted by atomic mass is 9.80. The fourth-order valence-electron chi connectivity index (χ4n) is 4.09. The van der Waals surface area contributed by atoms with Gasteiger partial charge in [-0.2, -0.15) is 0 Å². The highest BCUT2D eigenvalue weighted by Gasteiger charge is 2.45. The van der Waals surface area contributed by atoms with E-state index >= 15 is 0 Å². The number of fused-ring (bicyclic) bond motifs is 1. The number of aryl methyl sites for hydroxylation is 1. The molecule has 160 valence electrons. The van der Waals surface area contributed by atoms with E-state index in [1.165, 1.54) is 6.07 Å². The van der Waals surface area contributed by atoms with Crippen LogP contribution in [0.25, 0.3) is 0 Å². The predicted molar refractivity (Wildman–Crippen MR) is 113 cm³/mol. The van der Waals surface area contributed by atoms with Gasteiger partial charge in [-0.25, -0.2) is 4.39 Å². The molecule has 0 aromatic heterocycles. The third kappa shape index (κ3) is 3.65. The van der Waals surface area contributed by atoms with Crippen molar-refractivity contribution in [1.82, 2.24) is 0 Å². The lowest BCUT2D eigenvalue weighted by Crippen LogP contribution is -2.51. The van der Waals surface area contributed by atoms with Crippen LogP contribution in [0.5, 0.6) is 11.5 Å². The third-order valence-corrected chi connectivity index (χ3v) is 6.29. The zero-order valence-electron chi connectivity index (χ0n) is 18.0. The average molecular weight is 413 g/mol. The van der Waals surface area contributed by atoms with E-state index in [1.807, 2.05) is 32.9 Å². The van der Waals surface area contributed by atoms with Gasteiger partial charge >= 0.3 is 0 Å². The fraction of sp³-hybridized carbons (Fsp3) is 0.458. The van der Waals surface area contributed by atoms with Crippen LogP contribution in [0.3, 0.4) is 0 Å². The van der Waals surface area contributed by atoms with E-state index in [0.717, 1.165) is 24.3 Å². The van der Waals surface area contributed by atoms with Crippen LogP contribution < -0.4 is 14.4 Å². The second-order valence-electron chi connectivity index (χ2n) is 8.39. The summed E-state index contributed by atoms with van der Waals surface area (Å²) in [5, 5.41) is 0. The second-order valence-corrected chi connectivity index (χ2v) is 8.39. The number of rotatable bonds is 4. The molecule has 0 radical (unpaired) electrons. The summed E-state index contributed by atoms with van der Waals surface area (Å²) >= 11 is 0. The summed E-state index contributed by atoms with van der Waals surface area (Å²) in [4.78, 5) is 15.5. The van der Waals surface area contributed by atoms with Crippen molar-refractivity contribution in [1.29, 1.82) is 0 Å². The number of ether oxygens (including phenoxy) is 3. The van der Waals surface area contributed by atoms with Gasteiger partial charge in [-0.05, 0) is 44.5 Å². The summed E-state index contributed by atoms with van der Waals surface area (Å²) in [5.41, 5.74) is 2.16. The van der Waals surface area contributed by atoms with Crippen LogP contribution >= 0.6 is 0 Å². The largest absolute Gasteiger partial charge is 0.489 e. The summed E-state index contributed by atoms with van der Waals surface area (Å²) in [6, 6.07) is 8.74. The Labute approximate surface area is 176 Å². The topological polar surface area (TPSA) is 48.0 Å². The molecule has 0 N–H and O–H groups in total. The lowest BCUT2D eigenvalue weighted by Gasteiger charge is -2.40. The van der Waals surface area contributed by atoms with Gasteiger partial charge in [-0.3, -0.25) is 4.79 Å². The van der Waals surface area contributed by atoms with E-state index in [-0.39, 0.29) is 18.2 Å². The number of anilines is 1. The first-order valence-corrected chi connectivity index (χ1v) is 10.4. The number of ketones is 1. The van der Waals surface area contributed by atoms with Crippen LogP contribution in [0.4, 0.5) is 10.1 Å². The molecule has 6 heteroatoms. The molecule has 2 aromatic rings. The molecule has 2 aliphatic rings. The molecular formula is C24H28FNO4. The van der Waals surface area contributed by atoms with Crippen LogP contribution in [0.2, 0.25) is 0 Å². The van der Waals surface area contributed by atoms with Crippen LogP contribution in [0.1, 0.15) is 35.3 Å². The first-order valence-electron chi connectivity index (χ1n) is 10.4. The monoisotopic (exact) mass is 413 g/mol. The van der Waals surface area contributed by atoms with Crippen molar-refractivity contribution in [3.05, 3.63) is 52.8 Å². The molecule has 2 atom stereocenters. The molecule has 0 amide bonds. The number of carbonyl (C=O) groups is 1. The quantitative estimate of drug-likeness (QED) is 0.747. The molecule has 0 bridgehead atoms. The molecule has 2 heterocycles. The Balaban J connectivity index is 1.62. The highest BCUT2D eigenvalue weighted by Crippen LogP contribution is 2.41. The van der Waals surface area contributed by atoms with E-state index in [1.54, 1.807) is 19.1 Å². The molecule has 5 nitrogen and oxygen atoms in total. The van der Waals surface area contributed by atoms with Gasteiger partial charge in [-0.15, -0.1) is 0 Å². The summed E-state index contributed by atoms with van der Waals surface area (Å²) in [7, 11) is 0. The molecule has 0 saturated carbocycles.